The van der Waals surface area contributed by atoms with Gasteiger partial charge in [-0.2, -0.15) is 17.0 Å². The van der Waals surface area contributed by atoms with Crippen molar-refractivity contribution < 1.29 is 27.9 Å². The first-order valence-electron chi connectivity index (χ1n) is 7.83. The third-order valence-corrected chi connectivity index (χ3v) is 6.86. The second-order valence-corrected chi connectivity index (χ2v) is 8.13. The first-order chi connectivity index (χ1) is 10.8. The predicted molar refractivity (Wildman–Crippen MR) is 81.8 cm³/mol. The Bertz CT molecular complexity index is 564. The molecule has 3 atom stereocenters. The summed E-state index contributed by atoms with van der Waals surface area (Å²) in [7, 11) is -1.32. The van der Waals surface area contributed by atoms with Crippen LogP contribution in [0.25, 0.3) is 0 Å². The lowest BCUT2D eigenvalue weighted by atomic mass is 9.85. The van der Waals surface area contributed by atoms with Crippen LogP contribution in [-0.4, -0.2) is 66.9 Å². The number of nitrogens with zero attached hydrogens (tertiary/aromatic N) is 2. The highest BCUT2D eigenvalue weighted by molar-refractivity contribution is 7.86. The van der Waals surface area contributed by atoms with E-state index in [2.05, 4.69) is 4.74 Å². The van der Waals surface area contributed by atoms with Gasteiger partial charge in [0.25, 0.3) is 10.2 Å². The Hall–Kier alpha value is -1.19. The number of esters is 1. The molecule has 3 unspecified atom stereocenters. The molecule has 23 heavy (non-hydrogen) atoms. The number of fused-ring (bicyclic) bond motifs is 1. The van der Waals surface area contributed by atoms with Gasteiger partial charge in [0.15, 0.2) is 0 Å². The molecule has 0 radical (unpaired) electrons. The van der Waals surface area contributed by atoms with E-state index in [9.17, 15) is 23.1 Å². The van der Waals surface area contributed by atoms with E-state index in [0.717, 1.165) is 27.9 Å². The zero-order valence-electron chi connectivity index (χ0n) is 13.5. The van der Waals surface area contributed by atoms with Crippen LogP contribution >= 0.6 is 0 Å². The molecule has 1 aliphatic heterocycles. The van der Waals surface area contributed by atoms with Gasteiger partial charge in [-0.1, -0.05) is 12.8 Å². The molecule has 2 aliphatic rings. The van der Waals surface area contributed by atoms with Gasteiger partial charge < -0.3 is 9.84 Å². The summed E-state index contributed by atoms with van der Waals surface area (Å²) in [6.45, 7) is -0.0325. The summed E-state index contributed by atoms with van der Waals surface area (Å²) < 4.78 is 32.4. The molecule has 2 fully saturated rings. The summed E-state index contributed by atoms with van der Waals surface area (Å²) in [5, 5.41) is 9.43. The quantitative estimate of drug-likeness (QED) is 0.699. The topological polar surface area (TPSA) is 104 Å². The van der Waals surface area contributed by atoms with Gasteiger partial charge in [-0.25, -0.2) is 0 Å². The maximum Gasteiger partial charge on any atom is 0.322 e. The minimum atomic E-state index is -3.93. The summed E-state index contributed by atoms with van der Waals surface area (Å²) in [6, 6.07) is -1.27. The Morgan fingerprint density at radius 3 is 2.57 bits per heavy atom. The van der Waals surface area contributed by atoms with Crippen LogP contribution in [0.2, 0.25) is 0 Å². The molecule has 1 aliphatic carbocycles. The van der Waals surface area contributed by atoms with Crippen LogP contribution in [-0.2, 0) is 24.5 Å². The highest BCUT2D eigenvalue weighted by Crippen LogP contribution is 2.41. The summed E-state index contributed by atoms with van der Waals surface area (Å²) in [4.78, 5) is 22.8. The normalized spacial score (nSPS) is 28.6. The lowest BCUT2D eigenvalue weighted by Gasteiger charge is -2.34. The second kappa shape index (κ2) is 7.14. The van der Waals surface area contributed by atoms with Gasteiger partial charge >= 0.3 is 11.9 Å². The molecule has 2 rings (SSSR count). The molecule has 1 saturated carbocycles. The zero-order valence-corrected chi connectivity index (χ0v) is 14.3. The van der Waals surface area contributed by atoms with E-state index in [-0.39, 0.29) is 24.9 Å². The molecule has 0 spiro atoms. The van der Waals surface area contributed by atoms with E-state index in [1.807, 2.05) is 0 Å². The highest BCUT2D eigenvalue weighted by Gasteiger charge is 2.51. The molecule has 0 aromatic heterocycles. The van der Waals surface area contributed by atoms with Crippen molar-refractivity contribution in [3.8, 4) is 0 Å². The second-order valence-electron chi connectivity index (χ2n) is 6.19. The first-order valence-corrected chi connectivity index (χ1v) is 9.23. The molecule has 8 nitrogen and oxygen atoms in total. The fraction of sp³-hybridized carbons (Fsp3) is 0.857. The van der Waals surface area contributed by atoms with Crippen LogP contribution in [0.1, 0.15) is 38.5 Å². The summed E-state index contributed by atoms with van der Waals surface area (Å²) in [6.07, 6.45) is 3.78. The van der Waals surface area contributed by atoms with Crippen molar-refractivity contribution in [2.24, 2.45) is 5.92 Å². The van der Waals surface area contributed by atoms with Gasteiger partial charge in [0.05, 0.1) is 13.5 Å². The molecule has 0 amide bonds. The molecule has 9 heteroatoms. The number of carboxylic acid groups (broad SMARTS) is 1. The van der Waals surface area contributed by atoms with Crippen molar-refractivity contribution in [2.45, 2.75) is 50.6 Å². The molecule has 0 aromatic rings. The summed E-state index contributed by atoms with van der Waals surface area (Å²) >= 11 is 0. The maximum atomic E-state index is 12.8. The van der Waals surface area contributed by atoms with Gasteiger partial charge in [0.1, 0.15) is 6.04 Å². The van der Waals surface area contributed by atoms with E-state index < -0.39 is 28.2 Å². The number of hydrogen-bond donors (Lipinski definition) is 1. The van der Waals surface area contributed by atoms with Gasteiger partial charge in [-0.05, 0) is 25.2 Å². The predicted octanol–water partition coefficient (Wildman–Crippen LogP) is 0.444. The Labute approximate surface area is 136 Å². The largest absolute Gasteiger partial charge is 0.480 e. The number of carbonyl (C=O) groups excluding carboxylic acids is 1. The van der Waals surface area contributed by atoms with E-state index >= 15 is 0 Å². The maximum absolute atomic E-state index is 12.8. The van der Waals surface area contributed by atoms with Crippen LogP contribution in [0, 0.1) is 5.92 Å². The Morgan fingerprint density at radius 1 is 1.30 bits per heavy atom. The number of methoxy groups -OCH3 is 1. The average molecular weight is 348 g/mol. The van der Waals surface area contributed by atoms with Crippen LogP contribution in [0.15, 0.2) is 0 Å². The molecule has 1 heterocycles. The molecule has 1 saturated heterocycles. The van der Waals surface area contributed by atoms with Crippen LogP contribution in [0.5, 0.6) is 0 Å². The molecule has 132 valence electrons. The van der Waals surface area contributed by atoms with Crippen LogP contribution in [0.3, 0.4) is 0 Å². The monoisotopic (exact) mass is 348 g/mol. The van der Waals surface area contributed by atoms with E-state index in [1.165, 1.54) is 14.2 Å². The zero-order chi connectivity index (χ0) is 17.2. The van der Waals surface area contributed by atoms with Gasteiger partial charge in [-0.3, -0.25) is 9.59 Å². The lowest BCUT2D eigenvalue weighted by molar-refractivity contribution is -0.142. The molecule has 0 aromatic carbocycles. The molecular formula is C14H24N2O6S. The van der Waals surface area contributed by atoms with Crippen LogP contribution < -0.4 is 0 Å². The minimum Gasteiger partial charge on any atom is -0.480 e. The van der Waals surface area contributed by atoms with Crippen molar-refractivity contribution in [1.29, 1.82) is 0 Å². The SMILES string of the molecule is COC(=O)CCN(C)S(=O)(=O)N1C(C(=O)O)CC2CCCCC21. The fourth-order valence-electron chi connectivity index (χ4n) is 3.59. The van der Waals surface area contributed by atoms with Crippen molar-refractivity contribution in [2.75, 3.05) is 20.7 Å². The van der Waals surface area contributed by atoms with Crippen molar-refractivity contribution in [3.05, 3.63) is 0 Å². The number of carbonyl (C=O) groups is 2. The Morgan fingerprint density at radius 2 is 1.96 bits per heavy atom. The van der Waals surface area contributed by atoms with Gasteiger partial charge in [0, 0.05) is 19.6 Å². The van der Waals surface area contributed by atoms with Crippen molar-refractivity contribution in [1.82, 2.24) is 8.61 Å². The number of carboxylic acids is 1. The third-order valence-electron chi connectivity index (χ3n) is 4.83. The van der Waals surface area contributed by atoms with Gasteiger partial charge in [0.2, 0.25) is 0 Å². The molecule has 0 bridgehead atoms. The first kappa shape index (κ1) is 18.2. The third kappa shape index (κ3) is 3.67. The Balaban J connectivity index is 2.20. The van der Waals surface area contributed by atoms with E-state index in [4.69, 9.17) is 0 Å². The Kier molecular flexibility index (Phi) is 5.64. The average Bonchev–Trinajstić information content (AvgIpc) is 2.92. The summed E-state index contributed by atoms with van der Waals surface area (Å²) in [5.41, 5.74) is 0. The number of hydrogen-bond acceptors (Lipinski definition) is 5. The standard InChI is InChI=1S/C14H24N2O6S/c1-15(8-7-13(17)22-2)23(20,21)16-11-6-4-3-5-10(11)9-12(16)14(18)19/h10-12H,3-9H2,1-2H3,(H,18,19). The van der Waals surface area contributed by atoms with E-state index in [1.54, 1.807) is 0 Å². The minimum absolute atomic E-state index is 0.0325. The fourth-order valence-corrected chi connectivity index (χ4v) is 5.35. The smallest absolute Gasteiger partial charge is 0.322 e. The number of rotatable bonds is 6. The van der Waals surface area contributed by atoms with E-state index in [0.29, 0.717) is 12.8 Å². The van der Waals surface area contributed by atoms with Crippen molar-refractivity contribution >= 4 is 22.1 Å². The number of ether oxygens (including phenoxy) is 1. The molecular weight excluding hydrogens is 324 g/mol. The lowest BCUT2D eigenvalue weighted by Crippen LogP contribution is -2.51. The highest BCUT2D eigenvalue weighted by atomic mass is 32.2. The van der Waals surface area contributed by atoms with Crippen molar-refractivity contribution in [3.63, 3.8) is 0 Å². The number of aliphatic carboxylic acids is 1. The molecule has 1 N–H and O–H groups in total. The van der Waals surface area contributed by atoms with Gasteiger partial charge in [-0.15, -0.1) is 0 Å². The summed E-state index contributed by atoms with van der Waals surface area (Å²) in [5.74, 6) is -1.50. The van der Waals surface area contributed by atoms with Crippen LogP contribution in [0.4, 0.5) is 0 Å².